The van der Waals surface area contributed by atoms with Crippen LogP contribution in [0.25, 0.3) is 0 Å². The van der Waals surface area contributed by atoms with E-state index >= 15 is 0 Å². The summed E-state index contributed by atoms with van der Waals surface area (Å²) in [5.41, 5.74) is 5.71. The van der Waals surface area contributed by atoms with Gasteiger partial charge in [-0.05, 0) is 44.6 Å². The average Bonchev–Trinajstić information content (AvgIpc) is 2.61. The molecular weight excluding hydrogens is 224 g/mol. The molecule has 2 atom stereocenters. The second kappa shape index (κ2) is 5.87. The second-order valence-electron chi connectivity index (χ2n) is 5.07. The van der Waals surface area contributed by atoms with Crippen LogP contribution in [-0.4, -0.2) is 30.4 Å². The lowest BCUT2D eigenvalue weighted by Gasteiger charge is -2.37. The molecule has 0 bridgehead atoms. The molecule has 0 aromatic carbocycles. The van der Waals surface area contributed by atoms with Crippen LogP contribution >= 0.6 is 12.4 Å². The summed E-state index contributed by atoms with van der Waals surface area (Å²) < 4.78 is 0. The van der Waals surface area contributed by atoms with Gasteiger partial charge in [0, 0.05) is 19.0 Å². The van der Waals surface area contributed by atoms with E-state index in [2.05, 4.69) is 0 Å². The summed E-state index contributed by atoms with van der Waals surface area (Å²) >= 11 is 0. The van der Waals surface area contributed by atoms with Crippen molar-refractivity contribution in [1.82, 2.24) is 4.90 Å². The van der Waals surface area contributed by atoms with Crippen LogP contribution in [0.5, 0.6) is 0 Å². The van der Waals surface area contributed by atoms with E-state index in [0.717, 1.165) is 12.8 Å². The van der Waals surface area contributed by atoms with Gasteiger partial charge in [-0.2, -0.15) is 0 Å². The molecule has 2 aliphatic rings. The fourth-order valence-corrected chi connectivity index (χ4v) is 2.86. The van der Waals surface area contributed by atoms with Gasteiger partial charge in [-0.15, -0.1) is 12.4 Å². The van der Waals surface area contributed by atoms with Gasteiger partial charge in [-0.3, -0.25) is 4.79 Å². The summed E-state index contributed by atoms with van der Waals surface area (Å²) in [6.45, 7) is 0.676. The number of rotatable bonds is 3. The number of halogens is 1. The predicted octanol–water partition coefficient (Wildman–Crippen LogP) is 1.79. The topological polar surface area (TPSA) is 46.3 Å². The number of carbonyl (C=O) groups excluding carboxylic acids is 1. The molecule has 2 saturated carbocycles. The molecule has 2 fully saturated rings. The van der Waals surface area contributed by atoms with Crippen molar-refractivity contribution in [3.05, 3.63) is 0 Å². The smallest absolute Gasteiger partial charge is 0.225 e. The Hall–Kier alpha value is -0.280. The van der Waals surface area contributed by atoms with E-state index in [1.807, 2.05) is 11.9 Å². The lowest BCUT2D eigenvalue weighted by atomic mass is 9.89. The van der Waals surface area contributed by atoms with Crippen LogP contribution in [-0.2, 0) is 4.79 Å². The highest BCUT2D eigenvalue weighted by Crippen LogP contribution is 2.34. The van der Waals surface area contributed by atoms with Crippen LogP contribution in [0.1, 0.15) is 38.5 Å². The van der Waals surface area contributed by atoms with Gasteiger partial charge in [0.1, 0.15) is 0 Å². The number of nitrogens with two attached hydrogens (primary N) is 1. The first-order chi connectivity index (χ1) is 7.24. The SMILES string of the molecule is CN(C(=O)[C@@H]1CCC[C@@H]1CN)C1CCC1.Cl. The van der Waals surface area contributed by atoms with E-state index in [1.54, 1.807) is 0 Å². The van der Waals surface area contributed by atoms with E-state index in [9.17, 15) is 4.79 Å². The van der Waals surface area contributed by atoms with Crippen molar-refractivity contribution < 1.29 is 4.79 Å². The van der Waals surface area contributed by atoms with Gasteiger partial charge < -0.3 is 10.6 Å². The minimum atomic E-state index is 0. The molecule has 2 rings (SSSR count). The normalized spacial score (nSPS) is 29.4. The van der Waals surface area contributed by atoms with Gasteiger partial charge in [0.2, 0.25) is 5.91 Å². The number of hydrogen-bond acceptors (Lipinski definition) is 2. The Bertz CT molecular complexity index is 243. The Balaban J connectivity index is 0.00000128. The quantitative estimate of drug-likeness (QED) is 0.826. The van der Waals surface area contributed by atoms with Gasteiger partial charge in [-0.1, -0.05) is 6.42 Å². The average molecular weight is 247 g/mol. The van der Waals surface area contributed by atoms with E-state index in [4.69, 9.17) is 5.73 Å². The Morgan fingerprint density at radius 1 is 1.25 bits per heavy atom. The maximum absolute atomic E-state index is 12.2. The molecule has 94 valence electrons. The summed E-state index contributed by atoms with van der Waals surface area (Å²) in [6.07, 6.45) is 7.05. The van der Waals surface area contributed by atoms with Crippen LogP contribution in [0.3, 0.4) is 0 Å². The van der Waals surface area contributed by atoms with Crippen molar-refractivity contribution in [3.63, 3.8) is 0 Å². The molecule has 4 heteroatoms. The molecule has 16 heavy (non-hydrogen) atoms. The summed E-state index contributed by atoms with van der Waals surface area (Å²) in [6, 6.07) is 0.525. The zero-order valence-electron chi connectivity index (χ0n) is 10.0. The molecule has 0 spiro atoms. The van der Waals surface area contributed by atoms with Crippen LogP contribution in [0.4, 0.5) is 0 Å². The van der Waals surface area contributed by atoms with Gasteiger partial charge >= 0.3 is 0 Å². The summed E-state index contributed by atoms with van der Waals surface area (Å²) in [7, 11) is 1.97. The zero-order valence-corrected chi connectivity index (χ0v) is 10.8. The Morgan fingerprint density at radius 2 is 1.88 bits per heavy atom. The Labute approximate surface area is 104 Å². The fourth-order valence-electron chi connectivity index (χ4n) is 2.86. The summed E-state index contributed by atoms with van der Waals surface area (Å²) in [4.78, 5) is 14.2. The first kappa shape index (κ1) is 13.8. The third kappa shape index (κ3) is 2.51. The van der Waals surface area contributed by atoms with Gasteiger partial charge in [0.25, 0.3) is 0 Å². The maximum atomic E-state index is 12.2. The minimum Gasteiger partial charge on any atom is -0.343 e. The third-order valence-electron chi connectivity index (χ3n) is 4.25. The number of nitrogens with zero attached hydrogens (tertiary/aromatic N) is 1. The van der Waals surface area contributed by atoms with Crippen molar-refractivity contribution in [2.45, 2.75) is 44.6 Å². The minimum absolute atomic E-state index is 0. The van der Waals surface area contributed by atoms with E-state index in [1.165, 1.54) is 25.7 Å². The molecule has 3 nitrogen and oxygen atoms in total. The molecule has 2 aliphatic carbocycles. The molecule has 0 aromatic rings. The van der Waals surface area contributed by atoms with Crippen molar-refractivity contribution in [3.8, 4) is 0 Å². The first-order valence-electron chi connectivity index (χ1n) is 6.20. The highest BCUT2D eigenvalue weighted by Gasteiger charge is 2.36. The van der Waals surface area contributed by atoms with Crippen LogP contribution in [0.15, 0.2) is 0 Å². The molecule has 0 radical (unpaired) electrons. The lowest BCUT2D eigenvalue weighted by molar-refractivity contribution is -0.138. The van der Waals surface area contributed by atoms with Crippen molar-refractivity contribution >= 4 is 18.3 Å². The van der Waals surface area contributed by atoms with Crippen molar-refractivity contribution in [2.24, 2.45) is 17.6 Å². The molecule has 0 heterocycles. The van der Waals surface area contributed by atoms with Crippen molar-refractivity contribution in [2.75, 3.05) is 13.6 Å². The van der Waals surface area contributed by atoms with E-state index < -0.39 is 0 Å². The highest BCUT2D eigenvalue weighted by atomic mass is 35.5. The monoisotopic (exact) mass is 246 g/mol. The van der Waals surface area contributed by atoms with Crippen molar-refractivity contribution in [1.29, 1.82) is 0 Å². The number of hydrogen-bond donors (Lipinski definition) is 1. The van der Waals surface area contributed by atoms with Crippen LogP contribution < -0.4 is 5.73 Å². The van der Waals surface area contributed by atoms with E-state index in [-0.39, 0.29) is 18.3 Å². The summed E-state index contributed by atoms with van der Waals surface area (Å²) in [5.74, 6) is 1.02. The molecule has 2 N–H and O–H groups in total. The third-order valence-corrected chi connectivity index (χ3v) is 4.25. The van der Waals surface area contributed by atoms with Gasteiger partial charge in [-0.25, -0.2) is 0 Å². The lowest BCUT2D eigenvalue weighted by Crippen LogP contribution is -2.45. The van der Waals surface area contributed by atoms with E-state index in [0.29, 0.717) is 24.4 Å². The standard InChI is InChI=1S/C12H22N2O.ClH/c1-14(10-5-3-6-10)12(15)11-7-2-4-9(11)8-13;/h9-11H,2-8,13H2,1H3;1H/t9-,11-;/m1./s1. The molecule has 0 saturated heterocycles. The largest absolute Gasteiger partial charge is 0.343 e. The first-order valence-corrected chi connectivity index (χ1v) is 6.20. The maximum Gasteiger partial charge on any atom is 0.225 e. The molecule has 0 aliphatic heterocycles. The van der Waals surface area contributed by atoms with Crippen LogP contribution in [0, 0.1) is 11.8 Å². The molecule has 0 aromatic heterocycles. The number of amides is 1. The predicted molar refractivity (Wildman–Crippen MR) is 67.5 cm³/mol. The zero-order chi connectivity index (χ0) is 10.8. The summed E-state index contributed by atoms with van der Waals surface area (Å²) in [5, 5.41) is 0. The van der Waals surface area contributed by atoms with Gasteiger partial charge in [0.05, 0.1) is 0 Å². The van der Waals surface area contributed by atoms with Gasteiger partial charge in [0.15, 0.2) is 0 Å². The van der Waals surface area contributed by atoms with Crippen LogP contribution in [0.2, 0.25) is 0 Å². The second-order valence-corrected chi connectivity index (χ2v) is 5.07. The Kier molecular flexibility index (Phi) is 5.06. The molecule has 1 amide bonds. The highest BCUT2D eigenvalue weighted by molar-refractivity contribution is 5.85. The number of carbonyl (C=O) groups is 1. The molecular formula is C12H23ClN2O. The Morgan fingerprint density at radius 3 is 2.38 bits per heavy atom. The fraction of sp³-hybridized carbons (Fsp3) is 0.917. The molecule has 0 unspecified atom stereocenters.